The van der Waals surface area contributed by atoms with E-state index in [1.807, 2.05) is 31.2 Å². The number of hydrogen-bond donors (Lipinski definition) is 1. The SMILES string of the molecule is COC(=O)C[C@H](C)NCc1ccccc1Cl. The van der Waals surface area contributed by atoms with Crippen molar-refractivity contribution in [1.29, 1.82) is 0 Å². The van der Waals surface area contributed by atoms with Gasteiger partial charge in [0.1, 0.15) is 0 Å². The molecule has 1 atom stereocenters. The average molecular weight is 242 g/mol. The van der Waals surface area contributed by atoms with Crippen LogP contribution in [0.15, 0.2) is 24.3 Å². The Balaban J connectivity index is 2.40. The second-order valence-corrected chi connectivity index (χ2v) is 4.06. The van der Waals surface area contributed by atoms with E-state index >= 15 is 0 Å². The van der Waals surface area contributed by atoms with Gasteiger partial charge >= 0.3 is 5.97 Å². The molecule has 0 bridgehead atoms. The van der Waals surface area contributed by atoms with Crippen molar-refractivity contribution in [3.63, 3.8) is 0 Å². The predicted octanol–water partition coefficient (Wildman–Crippen LogP) is 2.38. The summed E-state index contributed by atoms with van der Waals surface area (Å²) in [6.45, 7) is 2.59. The summed E-state index contributed by atoms with van der Waals surface area (Å²) in [5, 5.41) is 3.96. The first kappa shape index (κ1) is 13.0. The molecule has 4 heteroatoms. The molecule has 1 N–H and O–H groups in total. The zero-order valence-corrected chi connectivity index (χ0v) is 10.3. The molecule has 0 radical (unpaired) electrons. The zero-order valence-electron chi connectivity index (χ0n) is 9.50. The molecule has 1 rings (SSSR count). The number of esters is 1. The molecule has 16 heavy (non-hydrogen) atoms. The molecular formula is C12H16ClNO2. The third-order valence-electron chi connectivity index (χ3n) is 2.30. The number of rotatable bonds is 5. The largest absolute Gasteiger partial charge is 0.469 e. The Morgan fingerprint density at radius 2 is 2.19 bits per heavy atom. The minimum absolute atomic E-state index is 0.0729. The molecule has 0 saturated heterocycles. The third kappa shape index (κ3) is 4.21. The minimum Gasteiger partial charge on any atom is -0.469 e. The van der Waals surface area contributed by atoms with Crippen molar-refractivity contribution in [3.8, 4) is 0 Å². The zero-order chi connectivity index (χ0) is 12.0. The number of methoxy groups -OCH3 is 1. The molecule has 0 aliphatic heterocycles. The molecule has 0 unspecified atom stereocenters. The summed E-state index contributed by atoms with van der Waals surface area (Å²) in [5.74, 6) is -0.209. The van der Waals surface area contributed by atoms with Crippen molar-refractivity contribution in [3.05, 3.63) is 34.9 Å². The molecule has 0 aromatic heterocycles. The maximum absolute atomic E-state index is 11.0. The Kier molecular flexibility index (Phi) is 5.29. The molecule has 0 aliphatic carbocycles. The Hall–Kier alpha value is -1.06. The molecule has 88 valence electrons. The van der Waals surface area contributed by atoms with E-state index in [9.17, 15) is 4.79 Å². The van der Waals surface area contributed by atoms with Crippen LogP contribution < -0.4 is 5.32 Å². The molecule has 0 saturated carbocycles. The fourth-order valence-corrected chi connectivity index (χ4v) is 1.53. The van der Waals surface area contributed by atoms with E-state index < -0.39 is 0 Å². The maximum Gasteiger partial charge on any atom is 0.307 e. The lowest BCUT2D eigenvalue weighted by Crippen LogP contribution is -2.28. The number of ether oxygens (including phenoxy) is 1. The molecule has 0 heterocycles. The summed E-state index contributed by atoms with van der Waals surface area (Å²) in [5.41, 5.74) is 1.03. The van der Waals surface area contributed by atoms with Gasteiger partial charge in [-0.2, -0.15) is 0 Å². The van der Waals surface area contributed by atoms with Crippen molar-refractivity contribution in [2.45, 2.75) is 25.9 Å². The maximum atomic E-state index is 11.0. The second-order valence-electron chi connectivity index (χ2n) is 3.65. The molecule has 0 spiro atoms. The molecule has 0 aliphatic rings. The van der Waals surface area contributed by atoms with Crippen LogP contribution in [-0.4, -0.2) is 19.1 Å². The van der Waals surface area contributed by atoms with Crippen molar-refractivity contribution in [2.75, 3.05) is 7.11 Å². The summed E-state index contributed by atoms with van der Waals surface area (Å²) in [7, 11) is 1.39. The van der Waals surface area contributed by atoms with Gasteiger partial charge in [0.2, 0.25) is 0 Å². The van der Waals surface area contributed by atoms with E-state index in [4.69, 9.17) is 11.6 Å². The summed E-state index contributed by atoms with van der Waals surface area (Å²) in [6.07, 6.45) is 0.362. The van der Waals surface area contributed by atoms with Gasteiger partial charge in [-0.1, -0.05) is 29.8 Å². The molecule has 0 amide bonds. The number of carbonyl (C=O) groups is 1. The van der Waals surface area contributed by atoms with Gasteiger partial charge in [0.25, 0.3) is 0 Å². The summed E-state index contributed by atoms with van der Waals surface area (Å²) >= 11 is 6.01. The average Bonchev–Trinajstić information content (AvgIpc) is 2.28. The lowest BCUT2D eigenvalue weighted by atomic mass is 10.2. The highest BCUT2D eigenvalue weighted by molar-refractivity contribution is 6.31. The van der Waals surface area contributed by atoms with Gasteiger partial charge < -0.3 is 10.1 Å². The van der Waals surface area contributed by atoms with Crippen LogP contribution in [0.5, 0.6) is 0 Å². The van der Waals surface area contributed by atoms with Crippen LogP contribution in [0, 0.1) is 0 Å². The number of carbonyl (C=O) groups excluding carboxylic acids is 1. The van der Waals surface area contributed by atoms with Gasteiger partial charge in [0.05, 0.1) is 13.5 Å². The Labute approximate surface area is 101 Å². The lowest BCUT2D eigenvalue weighted by molar-refractivity contribution is -0.141. The van der Waals surface area contributed by atoms with Gasteiger partial charge in [0.15, 0.2) is 0 Å². The summed E-state index contributed by atoms with van der Waals surface area (Å²) < 4.78 is 4.59. The quantitative estimate of drug-likeness (QED) is 0.805. The van der Waals surface area contributed by atoms with Gasteiger partial charge in [-0.25, -0.2) is 0 Å². The van der Waals surface area contributed by atoms with Crippen LogP contribution in [0.25, 0.3) is 0 Å². The van der Waals surface area contributed by atoms with Crippen LogP contribution in [0.4, 0.5) is 0 Å². The number of nitrogens with one attached hydrogen (secondary N) is 1. The second kappa shape index (κ2) is 6.51. The minimum atomic E-state index is -0.209. The molecule has 1 aromatic rings. The highest BCUT2D eigenvalue weighted by atomic mass is 35.5. The van der Waals surface area contributed by atoms with E-state index in [2.05, 4.69) is 10.1 Å². The molecule has 0 fully saturated rings. The fourth-order valence-electron chi connectivity index (χ4n) is 1.33. The summed E-state index contributed by atoms with van der Waals surface area (Å²) in [4.78, 5) is 11.0. The Morgan fingerprint density at radius 1 is 1.50 bits per heavy atom. The van der Waals surface area contributed by atoms with Crippen molar-refractivity contribution >= 4 is 17.6 Å². The standard InChI is InChI=1S/C12H16ClNO2/c1-9(7-12(15)16-2)14-8-10-5-3-4-6-11(10)13/h3-6,9,14H,7-8H2,1-2H3/t9-/m0/s1. The third-order valence-corrected chi connectivity index (χ3v) is 2.67. The smallest absolute Gasteiger partial charge is 0.307 e. The van der Waals surface area contributed by atoms with E-state index in [0.717, 1.165) is 10.6 Å². The highest BCUT2D eigenvalue weighted by Gasteiger charge is 2.08. The monoisotopic (exact) mass is 241 g/mol. The number of halogens is 1. The lowest BCUT2D eigenvalue weighted by Gasteiger charge is -2.13. The molecular weight excluding hydrogens is 226 g/mol. The predicted molar refractivity (Wildman–Crippen MR) is 64.4 cm³/mol. The Morgan fingerprint density at radius 3 is 2.81 bits per heavy atom. The van der Waals surface area contributed by atoms with Gasteiger partial charge in [-0.05, 0) is 18.6 Å². The van der Waals surface area contributed by atoms with E-state index in [-0.39, 0.29) is 12.0 Å². The first-order valence-electron chi connectivity index (χ1n) is 5.17. The van der Waals surface area contributed by atoms with Crippen LogP contribution in [0.2, 0.25) is 5.02 Å². The van der Waals surface area contributed by atoms with Crippen LogP contribution in [0.1, 0.15) is 18.9 Å². The van der Waals surface area contributed by atoms with Crippen LogP contribution in [0.3, 0.4) is 0 Å². The van der Waals surface area contributed by atoms with E-state index in [1.54, 1.807) is 0 Å². The fraction of sp³-hybridized carbons (Fsp3) is 0.417. The van der Waals surface area contributed by atoms with Gasteiger partial charge in [-0.15, -0.1) is 0 Å². The number of benzene rings is 1. The van der Waals surface area contributed by atoms with Crippen molar-refractivity contribution < 1.29 is 9.53 Å². The summed E-state index contributed by atoms with van der Waals surface area (Å²) in [6, 6.07) is 7.71. The first-order valence-corrected chi connectivity index (χ1v) is 5.55. The van der Waals surface area contributed by atoms with Gasteiger partial charge in [-0.3, -0.25) is 4.79 Å². The van der Waals surface area contributed by atoms with E-state index in [1.165, 1.54) is 7.11 Å². The van der Waals surface area contributed by atoms with Gasteiger partial charge in [0, 0.05) is 17.6 Å². The first-order chi connectivity index (χ1) is 7.63. The van der Waals surface area contributed by atoms with E-state index in [0.29, 0.717) is 13.0 Å². The van der Waals surface area contributed by atoms with Crippen molar-refractivity contribution in [2.24, 2.45) is 0 Å². The Bertz CT molecular complexity index is 355. The normalized spacial score (nSPS) is 12.2. The topological polar surface area (TPSA) is 38.3 Å². The number of hydrogen-bond acceptors (Lipinski definition) is 3. The van der Waals surface area contributed by atoms with Crippen LogP contribution >= 0.6 is 11.6 Å². The molecule has 3 nitrogen and oxygen atoms in total. The van der Waals surface area contributed by atoms with Crippen LogP contribution in [-0.2, 0) is 16.1 Å². The van der Waals surface area contributed by atoms with Crippen molar-refractivity contribution in [1.82, 2.24) is 5.32 Å². The highest BCUT2D eigenvalue weighted by Crippen LogP contribution is 2.14. The molecule has 1 aromatic carbocycles.